The summed E-state index contributed by atoms with van der Waals surface area (Å²) in [5.74, 6) is 4.30. The summed E-state index contributed by atoms with van der Waals surface area (Å²) in [4.78, 5) is 4.03. The second-order valence-electron chi connectivity index (χ2n) is 8.95. The number of rotatable bonds is 14. The van der Waals surface area contributed by atoms with Crippen LogP contribution in [0.3, 0.4) is 0 Å². The van der Waals surface area contributed by atoms with Crippen molar-refractivity contribution in [3.8, 4) is 0 Å². The van der Waals surface area contributed by atoms with Crippen molar-refractivity contribution in [3.05, 3.63) is 113 Å². The molecular weight excluding hydrogens is 873 g/mol. The van der Waals surface area contributed by atoms with Gasteiger partial charge < -0.3 is 0 Å². The molecule has 4 heterocycles. The van der Waals surface area contributed by atoms with Gasteiger partial charge in [-0.3, -0.25) is 0 Å². The predicted molar refractivity (Wildman–Crippen MR) is 252 cm³/mol. The van der Waals surface area contributed by atoms with Gasteiger partial charge in [-0.15, -0.1) is 58.8 Å². The van der Waals surface area contributed by atoms with Crippen molar-refractivity contribution in [1.29, 1.82) is 0 Å². The minimum absolute atomic E-state index is 0.782. The molecule has 0 fully saturated rings. The maximum absolute atomic E-state index is 4.64. The molecule has 0 aliphatic carbocycles. The Morgan fingerprint density at radius 2 is 0.783 bits per heavy atom. The maximum Gasteiger partial charge on any atom is 0.0663 e. The molecule has 0 saturated carbocycles. The smallest absolute Gasteiger partial charge is 0.0663 e. The summed E-state index contributed by atoms with van der Waals surface area (Å²) in [7, 11) is 0. The molecular formula is C30H30S16. The molecule has 0 atom stereocenters. The van der Waals surface area contributed by atoms with Crippen molar-refractivity contribution < 1.29 is 0 Å². The molecule has 0 radical (unpaired) electrons. The average Bonchev–Trinajstić information content (AvgIpc) is 3.88. The normalized spacial score (nSPS) is 20.7. The molecule has 0 amide bonds. The van der Waals surface area contributed by atoms with Gasteiger partial charge in [0.25, 0.3) is 0 Å². The fraction of sp³-hybridized carbons (Fsp3) is 0.267. The summed E-state index contributed by atoms with van der Waals surface area (Å²) < 4.78 is 12.4. The van der Waals surface area contributed by atoms with E-state index in [0.717, 1.165) is 28.8 Å². The molecule has 46 heavy (non-hydrogen) atoms. The molecule has 1 aromatic rings. The molecule has 0 N–H and O–H groups in total. The van der Waals surface area contributed by atoms with Gasteiger partial charge in [-0.05, 0) is 54.2 Å². The van der Waals surface area contributed by atoms with Gasteiger partial charge in [0.1, 0.15) is 0 Å². The van der Waals surface area contributed by atoms with Crippen LogP contribution in [0.15, 0.2) is 101 Å². The van der Waals surface area contributed by atoms with Crippen molar-refractivity contribution >= 4 is 191 Å². The van der Waals surface area contributed by atoms with Gasteiger partial charge in [-0.2, -0.15) is 37.9 Å². The Hall–Kier alpha value is 2.74. The van der Waals surface area contributed by atoms with E-state index in [2.05, 4.69) is 105 Å². The molecule has 0 bridgehead atoms. The first-order valence-electron chi connectivity index (χ1n) is 13.4. The summed E-state index contributed by atoms with van der Waals surface area (Å²) >= 11 is 38.1. The Bertz CT molecular complexity index is 1390. The fourth-order valence-electron chi connectivity index (χ4n) is 3.77. The van der Waals surface area contributed by atoms with E-state index in [1.807, 2.05) is 153 Å². The van der Waals surface area contributed by atoms with Crippen molar-refractivity contribution in [2.75, 3.05) is 36.0 Å². The van der Waals surface area contributed by atoms with Crippen LogP contribution in [0.1, 0.15) is 11.1 Å². The molecule has 0 spiro atoms. The van der Waals surface area contributed by atoms with Crippen LogP contribution in [-0.2, 0) is 11.5 Å². The van der Waals surface area contributed by atoms with E-state index in [1.165, 1.54) is 64.0 Å². The second-order valence-corrected chi connectivity index (χ2v) is 25.3. The van der Waals surface area contributed by atoms with Crippen molar-refractivity contribution in [3.63, 3.8) is 0 Å². The largest absolute Gasteiger partial charge is 0.174 e. The maximum atomic E-state index is 4.64. The molecule has 0 unspecified atom stereocenters. The summed E-state index contributed by atoms with van der Waals surface area (Å²) in [5.41, 5.74) is 2.73. The van der Waals surface area contributed by atoms with Gasteiger partial charge in [-0.1, -0.05) is 118 Å². The first-order chi connectivity index (χ1) is 22.5. The van der Waals surface area contributed by atoms with E-state index in [0.29, 0.717) is 0 Å². The zero-order chi connectivity index (χ0) is 32.5. The molecule has 1 aromatic carbocycles. The second kappa shape index (κ2) is 20.8. The van der Waals surface area contributed by atoms with E-state index in [9.17, 15) is 0 Å². The van der Waals surface area contributed by atoms with Crippen LogP contribution in [0.5, 0.6) is 0 Å². The summed E-state index contributed by atoms with van der Waals surface area (Å²) in [6.45, 7) is 0. The van der Waals surface area contributed by atoms with Gasteiger partial charge >= 0.3 is 0 Å². The van der Waals surface area contributed by atoms with Gasteiger partial charge in [0, 0.05) is 47.7 Å². The quantitative estimate of drug-likeness (QED) is 0.152. The van der Waals surface area contributed by atoms with Crippen LogP contribution >= 0.6 is 191 Å². The van der Waals surface area contributed by atoms with Crippen LogP contribution in [0.2, 0.25) is 0 Å². The van der Waals surface area contributed by atoms with E-state index < -0.39 is 0 Å². The first kappa shape index (κ1) is 39.9. The molecule has 0 saturated heterocycles. The van der Waals surface area contributed by atoms with E-state index >= 15 is 0 Å². The van der Waals surface area contributed by atoms with Gasteiger partial charge in [0.05, 0.1) is 33.9 Å². The van der Waals surface area contributed by atoms with Crippen LogP contribution in [-0.4, -0.2) is 36.0 Å². The number of hydrogen-bond donors (Lipinski definition) is 3. The number of thioether (sulfide) groups is 13. The third kappa shape index (κ3) is 11.4. The van der Waals surface area contributed by atoms with Gasteiger partial charge in [0.2, 0.25) is 0 Å². The Balaban J connectivity index is 1.09. The highest BCUT2D eigenvalue weighted by Crippen LogP contribution is 2.59. The molecule has 16 heteroatoms. The minimum atomic E-state index is 0.782. The third-order valence-electron chi connectivity index (χ3n) is 5.97. The highest BCUT2D eigenvalue weighted by Gasteiger charge is 2.24. The van der Waals surface area contributed by atoms with Crippen LogP contribution in [0.25, 0.3) is 0 Å². The standard InChI is InChI=1S/C30H30S16/c1-34-27-28(35-2)44-24(43-27)11-9-23-41-21(14-33)26(42-23)37-15-17-4-6-18(7-5-17)16-38-30-29(36-3)45-25(46-30)10-8-22-39-19(12-31)20(13-32)40-22/h4-11,31-33H,12-16H2,1-3H3. The SMILES string of the molecule is CSC1=C(SC)SC(=CC=C2SC(CS)=C(SCc3ccc(CSC4=C(SC)SC(=CC=C5SC(CS)=C(CS)S5)S4)cc3)S2)S1. The van der Waals surface area contributed by atoms with Crippen LogP contribution in [0.4, 0.5) is 0 Å². The molecule has 0 aromatic heterocycles. The van der Waals surface area contributed by atoms with Gasteiger partial charge in [0.15, 0.2) is 0 Å². The van der Waals surface area contributed by atoms with Crippen molar-refractivity contribution in [1.82, 2.24) is 0 Å². The van der Waals surface area contributed by atoms with E-state index in [1.54, 1.807) is 0 Å². The summed E-state index contributed by atoms with van der Waals surface area (Å²) in [5, 5.41) is 0. The topological polar surface area (TPSA) is 0 Å². The first-order valence-corrected chi connectivity index (χ1v) is 27.5. The summed E-state index contributed by atoms with van der Waals surface area (Å²) in [6.07, 6.45) is 15.6. The Morgan fingerprint density at radius 3 is 1.22 bits per heavy atom. The zero-order valence-corrected chi connectivity index (χ0v) is 38.1. The lowest BCUT2D eigenvalue weighted by Gasteiger charge is -2.06. The minimum Gasteiger partial charge on any atom is -0.174 e. The molecule has 5 rings (SSSR count). The van der Waals surface area contributed by atoms with Crippen LogP contribution in [0, 0.1) is 0 Å². The highest BCUT2D eigenvalue weighted by molar-refractivity contribution is 8.41. The summed E-state index contributed by atoms with van der Waals surface area (Å²) in [6, 6.07) is 9.20. The average molecular weight is 904 g/mol. The number of hydrogen-bond acceptors (Lipinski definition) is 16. The molecule has 4 aliphatic rings. The van der Waals surface area contributed by atoms with E-state index in [-0.39, 0.29) is 0 Å². The monoisotopic (exact) mass is 902 g/mol. The van der Waals surface area contributed by atoms with Crippen LogP contribution < -0.4 is 0 Å². The molecule has 0 nitrogen and oxygen atoms in total. The lowest BCUT2D eigenvalue weighted by atomic mass is 10.2. The number of benzene rings is 1. The lowest BCUT2D eigenvalue weighted by molar-refractivity contribution is 1.35. The molecule has 4 aliphatic heterocycles. The number of allylic oxidation sites excluding steroid dienone is 4. The Kier molecular flexibility index (Phi) is 18.1. The van der Waals surface area contributed by atoms with Crippen molar-refractivity contribution in [2.24, 2.45) is 0 Å². The van der Waals surface area contributed by atoms with Gasteiger partial charge in [-0.25, -0.2) is 0 Å². The third-order valence-corrected chi connectivity index (χ3v) is 24.7. The van der Waals surface area contributed by atoms with Crippen molar-refractivity contribution in [2.45, 2.75) is 11.5 Å². The Labute approximate surface area is 346 Å². The fourth-order valence-corrected chi connectivity index (χ4v) is 21.5. The molecule has 246 valence electrons. The Morgan fingerprint density at radius 1 is 0.457 bits per heavy atom. The zero-order valence-electron chi connectivity index (χ0n) is 24.8. The lowest BCUT2D eigenvalue weighted by Crippen LogP contribution is -1.85. The van der Waals surface area contributed by atoms with E-state index in [4.69, 9.17) is 0 Å². The number of thiol groups is 3. The highest BCUT2D eigenvalue weighted by atomic mass is 32.3. The predicted octanol–water partition coefficient (Wildman–Crippen LogP) is 15.0.